The van der Waals surface area contributed by atoms with Crippen LogP contribution in [0.2, 0.25) is 0 Å². The van der Waals surface area contributed by atoms with Gasteiger partial charge in [-0.2, -0.15) is 0 Å². The van der Waals surface area contributed by atoms with Gasteiger partial charge in [0.15, 0.2) is 12.2 Å². The van der Waals surface area contributed by atoms with Crippen molar-refractivity contribution in [3.8, 4) is 0 Å². The fourth-order valence-electron chi connectivity index (χ4n) is 2.81. The van der Waals surface area contributed by atoms with E-state index < -0.39 is 0 Å². The van der Waals surface area contributed by atoms with E-state index in [1.165, 1.54) is 0 Å². The van der Waals surface area contributed by atoms with Crippen molar-refractivity contribution in [1.82, 2.24) is 15.5 Å². The minimum atomic E-state index is 0.0607. The first-order valence-corrected chi connectivity index (χ1v) is 5.85. The number of nitrogens with one attached hydrogen (secondary N) is 2. The molecule has 16 heavy (non-hydrogen) atoms. The van der Waals surface area contributed by atoms with E-state index in [1.807, 2.05) is 12.3 Å². The third-order valence-corrected chi connectivity index (χ3v) is 3.71. The molecule has 0 radical (unpaired) electrons. The zero-order valence-electron chi connectivity index (χ0n) is 9.52. The molecule has 3 unspecified atom stereocenters. The van der Waals surface area contributed by atoms with Crippen molar-refractivity contribution in [2.24, 2.45) is 16.8 Å². The fraction of sp³-hybridized carbons (Fsp3) is 0.727. The molecule has 2 saturated heterocycles. The molecule has 0 amide bonds. The Hall–Kier alpha value is -1.07. The quantitative estimate of drug-likeness (QED) is 0.666. The van der Waals surface area contributed by atoms with Crippen LogP contribution in [-0.2, 0) is 4.74 Å². The van der Waals surface area contributed by atoms with E-state index >= 15 is 0 Å². The van der Waals surface area contributed by atoms with Crippen molar-refractivity contribution >= 4 is 6.21 Å². The summed E-state index contributed by atoms with van der Waals surface area (Å²) in [5, 5.41) is 6.73. The lowest BCUT2D eigenvalue weighted by molar-refractivity contribution is 0.163. The first kappa shape index (κ1) is 10.1. The van der Waals surface area contributed by atoms with Gasteiger partial charge in [0.2, 0.25) is 0 Å². The second-order valence-electron chi connectivity index (χ2n) is 4.68. The summed E-state index contributed by atoms with van der Waals surface area (Å²) < 4.78 is 5.19. The van der Waals surface area contributed by atoms with E-state index in [9.17, 15) is 0 Å². The molecule has 3 heterocycles. The molecular weight excluding hydrogens is 204 g/mol. The van der Waals surface area contributed by atoms with Crippen LogP contribution in [0.1, 0.15) is 0 Å². The maximum Gasteiger partial charge on any atom is 0.190 e. The van der Waals surface area contributed by atoms with Gasteiger partial charge in [-0.1, -0.05) is 0 Å². The van der Waals surface area contributed by atoms with Gasteiger partial charge in [0, 0.05) is 25.4 Å². The molecule has 0 aliphatic carbocycles. The number of hydrogen-bond donors (Lipinski definition) is 2. The van der Waals surface area contributed by atoms with Gasteiger partial charge in [-0.3, -0.25) is 9.89 Å². The van der Waals surface area contributed by atoms with Gasteiger partial charge in [0.1, 0.15) is 0 Å². The summed E-state index contributed by atoms with van der Waals surface area (Å²) in [7, 11) is 1.68. The van der Waals surface area contributed by atoms with Crippen LogP contribution in [0.5, 0.6) is 0 Å². The molecule has 0 aromatic carbocycles. The first-order chi connectivity index (χ1) is 7.86. The molecule has 88 valence electrons. The summed E-state index contributed by atoms with van der Waals surface area (Å²) in [4.78, 5) is 6.85. The minimum absolute atomic E-state index is 0.0607. The number of likely N-dealkylation sites (tertiary alicyclic amines) is 1. The van der Waals surface area contributed by atoms with Gasteiger partial charge >= 0.3 is 0 Å². The predicted octanol–water partition coefficient (Wildman–Crippen LogP) is -0.417. The number of hydrogen-bond acceptors (Lipinski definition) is 5. The average Bonchev–Trinajstić information content (AvgIpc) is 2.89. The van der Waals surface area contributed by atoms with Crippen LogP contribution in [0.15, 0.2) is 17.0 Å². The number of aliphatic imine (C=N–C) groups is 1. The molecule has 0 aromatic rings. The van der Waals surface area contributed by atoms with E-state index in [2.05, 4.69) is 20.5 Å². The molecule has 0 spiro atoms. The Kier molecular flexibility index (Phi) is 2.57. The summed E-state index contributed by atoms with van der Waals surface area (Å²) in [6, 6.07) is 0. The summed E-state index contributed by atoms with van der Waals surface area (Å²) >= 11 is 0. The van der Waals surface area contributed by atoms with Crippen LogP contribution in [0, 0.1) is 11.8 Å². The van der Waals surface area contributed by atoms with Crippen LogP contribution in [-0.4, -0.2) is 50.7 Å². The first-order valence-electron chi connectivity index (χ1n) is 5.85. The van der Waals surface area contributed by atoms with Crippen LogP contribution in [0.25, 0.3) is 0 Å². The maximum absolute atomic E-state index is 5.19. The monoisotopic (exact) mass is 222 g/mol. The van der Waals surface area contributed by atoms with Gasteiger partial charge < -0.3 is 15.4 Å². The van der Waals surface area contributed by atoms with Crippen molar-refractivity contribution in [2.45, 2.75) is 6.29 Å². The Balaban J connectivity index is 1.63. The molecule has 3 rings (SSSR count). The minimum Gasteiger partial charge on any atom is -0.482 e. The predicted molar refractivity (Wildman–Crippen MR) is 61.9 cm³/mol. The second-order valence-corrected chi connectivity index (χ2v) is 4.68. The Morgan fingerprint density at radius 1 is 1.38 bits per heavy atom. The smallest absolute Gasteiger partial charge is 0.190 e. The number of allylic oxidation sites excluding steroid dienone is 1. The standard InChI is InChI=1S/C11H18N4O/c1-16-10-2-3-13-11(14-10)15-6-8-4-12-5-9(8)7-15/h2-3,8-9,11-12,14H,4-7H2,1H3. The lowest BCUT2D eigenvalue weighted by atomic mass is 10.0. The Labute approximate surface area is 95.6 Å². The number of methoxy groups -OCH3 is 1. The van der Waals surface area contributed by atoms with E-state index in [-0.39, 0.29) is 6.29 Å². The van der Waals surface area contributed by atoms with Crippen LogP contribution < -0.4 is 10.6 Å². The number of rotatable bonds is 2. The Morgan fingerprint density at radius 2 is 2.12 bits per heavy atom. The average molecular weight is 222 g/mol. The zero-order chi connectivity index (χ0) is 11.0. The lowest BCUT2D eigenvalue weighted by Gasteiger charge is -2.28. The van der Waals surface area contributed by atoms with E-state index in [0.717, 1.165) is 43.9 Å². The molecule has 0 aromatic heterocycles. The van der Waals surface area contributed by atoms with Crippen molar-refractivity contribution in [2.75, 3.05) is 33.3 Å². The normalized spacial score (nSPS) is 38.1. The molecule has 2 N–H and O–H groups in total. The fourth-order valence-corrected chi connectivity index (χ4v) is 2.81. The molecular formula is C11H18N4O. The third kappa shape index (κ3) is 1.70. The van der Waals surface area contributed by atoms with Crippen molar-refractivity contribution in [1.29, 1.82) is 0 Å². The summed E-state index contributed by atoms with van der Waals surface area (Å²) in [6.45, 7) is 4.57. The van der Waals surface area contributed by atoms with Crippen LogP contribution in [0.4, 0.5) is 0 Å². The molecule has 5 nitrogen and oxygen atoms in total. The van der Waals surface area contributed by atoms with Crippen molar-refractivity contribution in [3.63, 3.8) is 0 Å². The Bertz CT molecular complexity index is 316. The Morgan fingerprint density at radius 3 is 2.81 bits per heavy atom. The van der Waals surface area contributed by atoms with Crippen molar-refractivity contribution < 1.29 is 4.74 Å². The van der Waals surface area contributed by atoms with Gasteiger partial charge in [-0.25, -0.2) is 0 Å². The highest BCUT2D eigenvalue weighted by molar-refractivity contribution is 5.72. The highest BCUT2D eigenvalue weighted by Crippen LogP contribution is 2.27. The zero-order valence-corrected chi connectivity index (χ0v) is 9.52. The second kappa shape index (κ2) is 4.07. The molecule has 3 aliphatic heterocycles. The summed E-state index contributed by atoms with van der Waals surface area (Å²) in [6.07, 6.45) is 3.74. The molecule has 0 saturated carbocycles. The van der Waals surface area contributed by atoms with E-state index in [4.69, 9.17) is 4.74 Å². The molecule has 0 bridgehead atoms. The maximum atomic E-state index is 5.19. The van der Waals surface area contributed by atoms with Crippen LogP contribution >= 0.6 is 0 Å². The highest BCUT2D eigenvalue weighted by Gasteiger charge is 2.39. The van der Waals surface area contributed by atoms with Crippen molar-refractivity contribution in [3.05, 3.63) is 12.0 Å². The number of fused-ring (bicyclic) bond motifs is 1. The molecule has 3 atom stereocenters. The SMILES string of the molecule is COC1=CC=NC(N2CC3CNCC3C2)N1. The van der Waals surface area contributed by atoms with Gasteiger partial charge in [-0.05, 0) is 24.9 Å². The summed E-state index contributed by atoms with van der Waals surface area (Å²) in [5.74, 6) is 2.40. The molecule has 2 fully saturated rings. The number of nitrogens with zero attached hydrogens (tertiary/aromatic N) is 2. The summed E-state index contributed by atoms with van der Waals surface area (Å²) in [5.41, 5.74) is 0. The van der Waals surface area contributed by atoms with Gasteiger partial charge in [-0.15, -0.1) is 0 Å². The van der Waals surface area contributed by atoms with E-state index in [1.54, 1.807) is 7.11 Å². The highest BCUT2D eigenvalue weighted by atomic mass is 16.5. The van der Waals surface area contributed by atoms with Gasteiger partial charge in [0.25, 0.3) is 0 Å². The van der Waals surface area contributed by atoms with Gasteiger partial charge in [0.05, 0.1) is 7.11 Å². The lowest BCUT2D eigenvalue weighted by Crippen LogP contribution is -2.45. The van der Waals surface area contributed by atoms with E-state index in [0.29, 0.717) is 0 Å². The molecule has 3 aliphatic rings. The topological polar surface area (TPSA) is 48.9 Å². The number of ether oxygens (including phenoxy) is 1. The molecule has 5 heteroatoms. The third-order valence-electron chi connectivity index (χ3n) is 3.71. The van der Waals surface area contributed by atoms with Crippen LogP contribution in [0.3, 0.4) is 0 Å². The largest absolute Gasteiger partial charge is 0.482 e.